The van der Waals surface area contributed by atoms with Crippen LogP contribution in [0.2, 0.25) is 0 Å². The van der Waals surface area contributed by atoms with E-state index in [1.165, 1.54) is 6.07 Å². The molecule has 0 N–H and O–H groups in total. The summed E-state index contributed by atoms with van der Waals surface area (Å²) in [5.41, 5.74) is -1.21. The van der Waals surface area contributed by atoms with Gasteiger partial charge in [-0.15, -0.1) is 0 Å². The minimum Gasteiger partial charge on any atom is -0.267 e. The number of pyridine rings is 2. The van der Waals surface area contributed by atoms with Crippen molar-refractivity contribution in [2.45, 2.75) is 19.5 Å². The van der Waals surface area contributed by atoms with E-state index >= 15 is 0 Å². The Bertz CT molecular complexity index is 1050. The standard InChI is InChI=1S/C18H12F3N3O/c1-2-12-13-8-9-15(18(19,20)21)23-16(13)24(17(25)14(12)10-22)11-6-4-3-5-7-11/h3-9H,2H2,1H3. The molecule has 0 amide bonds. The molecule has 0 saturated carbocycles. The van der Waals surface area contributed by atoms with Crippen molar-refractivity contribution in [1.29, 1.82) is 5.26 Å². The number of fused-ring (bicyclic) bond motifs is 1. The quantitative estimate of drug-likeness (QED) is 0.710. The highest BCUT2D eigenvalue weighted by Crippen LogP contribution is 2.30. The van der Waals surface area contributed by atoms with Gasteiger partial charge in [-0.2, -0.15) is 18.4 Å². The highest BCUT2D eigenvalue weighted by molar-refractivity contribution is 5.83. The molecule has 0 spiro atoms. The lowest BCUT2D eigenvalue weighted by molar-refractivity contribution is -0.141. The Balaban J connectivity index is 2.53. The van der Waals surface area contributed by atoms with E-state index in [-0.39, 0.29) is 11.2 Å². The van der Waals surface area contributed by atoms with Crippen LogP contribution in [0.3, 0.4) is 0 Å². The van der Waals surface area contributed by atoms with Crippen molar-refractivity contribution in [3.63, 3.8) is 0 Å². The Hall–Kier alpha value is -3.14. The molecule has 0 aliphatic heterocycles. The predicted octanol–water partition coefficient (Wildman–Crippen LogP) is 3.84. The molecule has 0 bridgehead atoms. The van der Waals surface area contributed by atoms with Gasteiger partial charge in [0.1, 0.15) is 23.0 Å². The molecule has 25 heavy (non-hydrogen) atoms. The van der Waals surface area contributed by atoms with E-state index in [0.29, 0.717) is 23.1 Å². The van der Waals surface area contributed by atoms with Crippen LogP contribution >= 0.6 is 0 Å². The van der Waals surface area contributed by atoms with Gasteiger partial charge in [0.25, 0.3) is 5.56 Å². The van der Waals surface area contributed by atoms with E-state index < -0.39 is 17.4 Å². The van der Waals surface area contributed by atoms with Crippen LogP contribution in [0.25, 0.3) is 16.7 Å². The molecule has 0 aliphatic rings. The van der Waals surface area contributed by atoms with Gasteiger partial charge in [0.15, 0.2) is 0 Å². The first-order chi connectivity index (χ1) is 11.9. The summed E-state index contributed by atoms with van der Waals surface area (Å²) in [6, 6.07) is 12.2. The zero-order chi connectivity index (χ0) is 18.2. The number of benzene rings is 1. The van der Waals surface area contributed by atoms with E-state index in [1.807, 2.05) is 6.07 Å². The maximum Gasteiger partial charge on any atom is 0.433 e. The third kappa shape index (κ3) is 2.76. The number of rotatable bonds is 2. The lowest BCUT2D eigenvalue weighted by Gasteiger charge is -2.15. The molecular weight excluding hydrogens is 331 g/mol. The molecule has 1 aromatic carbocycles. The van der Waals surface area contributed by atoms with Crippen molar-refractivity contribution < 1.29 is 13.2 Å². The number of alkyl halides is 3. The second-order valence-electron chi connectivity index (χ2n) is 5.36. The highest BCUT2D eigenvalue weighted by atomic mass is 19.4. The van der Waals surface area contributed by atoms with Gasteiger partial charge < -0.3 is 0 Å². The maximum absolute atomic E-state index is 13.1. The Morgan fingerprint density at radius 3 is 2.40 bits per heavy atom. The normalized spacial score (nSPS) is 11.5. The summed E-state index contributed by atoms with van der Waals surface area (Å²) >= 11 is 0. The Morgan fingerprint density at radius 1 is 1.16 bits per heavy atom. The van der Waals surface area contributed by atoms with Crippen molar-refractivity contribution >= 4 is 11.0 Å². The van der Waals surface area contributed by atoms with Gasteiger partial charge >= 0.3 is 6.18 Å². The van der Waals surface area contributed by atoms with Crippen LogP contribution in [0.5, 0.6) is 0 Å². The molecule has 0 saturated heterocycles. The van der Waals surface area contributed by atoms with Gasteiger partial charge in [0.05, 0.1) is 5.69 Å². The first-order valence-corrected chi connectivity index (χ1v) is 7.49. The van der Waals surface area contributed by atoms with Crippen molar-refractivity contribution in [2.75, 3.05) is 0 Å². The molecule has 2 heterocycles. The second-order valence-corrected chi connectivity index (χ2v) is 5.36. The van der Waals surface area contributed by atoms with E-state index in [0.717, 1.165) is 10.6 Å². The largest absolute Gasteiger partial charge is 0.433 e. The average molecular weight is 343 g/mol. The first kappa shape index (κ1) is 16.7. The molecule has 2 aromatic heterocycles. The molecule has 7 heteroatoms. The Labute approximate surface area is 140 Å². The number of hydrogen-bond acceptors (Lipinski definition) is 3. The second kappa shape index (κ2) is 6.06. The van der Waals surface area contributed by atoms with Crippen LogP contribution in [-0.2, 0) is 12.6 Å². The van der Waals surface area contributed by atoms with Gasteiger partial charge in [0.2, 0.25) is 0 Å². The number of nitrogens with zero attached hydrogens (tertiary/aromatic N) is 3. The summed E-state index contributed by atoms with van der Waals surface area (Å²) in [5, 5.41) is 9.74. The predicted molar refractivity (Wildman–Crippen MR) is 86.4 cm³/mol. The van der Waals surface area contributed by atoms with Gasteiger partial charge in [-0.05, 0) is 36.2 Å². The number of nitriles is 1. The summed E-state index contributed by atoms with van der Waals surface area (Å²) in [6.07, 6.45) is -4.30. The third-order valence-corrected chi connectivity index (χ3v) is 3.90. The maximum atomic E-state index is 13.1. The van der Waals surface area contributed by atoms with Crippen LogP contribution in [0, 0.1) is 11.3 Å². The van der Waals surface area contributed by atoms with Crippen LogP contribution in [0.1, 0.15) is 23.7 Å². The summed E-state index contributed by atoms with van der Waals surface area (Å²) in [5.74, 6) is 0. The summed E-state index contributed by atoms with van der Waals surface area (Å²) in [4.78, 5) is 16.5. The van der Waals surface area contributed by atoms with Gasteiger partial charge in [-0.1, -0.05) is 25.1 Å². The highest BCUT2D eigenvalue weighted by Gasteiger charge is 2.33. The fourth-order valence-corrected chi connectivity index (χ4v) is 2.78. The number of hydrogen-bond donors (Lipinski definition) is 0. The van der Waals surface area contributed by atoms with Crippen LogP contribution in [0.4, 0.5) is 13.2 Å². The molecular formula is C18H12F3N3O. The fourth-order valence-electron chi connectivity index (χ4n) is 2.78. The molecule has 0 atom stereocenters. The smallest absolute Gasteiger partial charge is 0.267 e. The minimum atomic E-state index is -4.63. The first-order valence-electron chi connectivity index (χ1n) is 7.49. The van der Waals surface area contributed by atoms with E-state index in [9.17, 15) is 23.2 Å². The lowest BCUT2D eigenvalue weighted by Crippen LogP contribution is -2.25. The van der Waals surface area contributed by atoms with Crippen LogP contribution in [-0.4, -0.2) is 9.55 Å². The van der Waals surface area contributed by atoms with Crippen LogP contribution in [0.15, 0.2) is 47.3 Å². The monoisotopic (exact) mass is 343 g/mol. The molecule has 0 unspecified atom stereocenters. The number of halogens is 3. The van der Waals surface area contributed by atoms with Gasteiger partial charge in [-0.25, -0.2) is 4.98 Å². The van der Waals surface area contributed by atoms with Crippen molar-refractivity contribution in [2.24, 2.45) is 0 Å². The van der Waals surface area contributed by atoms with Crippen LogP contribution < -0.4 is 5.56 Å². The molecule has 0 radical (unpaired) electrons. The lowest BCUT2D eigenvalue weighted by atomic mass is 10.0. The molecule has 3 rings (SSSR count). The zero-order valence-corrected chi connectivity index (χ0v) is 13.1. The minimum absolute atomic E-state index is 0.0830. The molecule has 0 fully saturated rings. The summed E-state index contributed by atoms with van der Waals surface area (Å²) < 4.78 is 40.3. The topological polar surface area (TPSA) is 58.7 Å². The van der Waals surface area contributed by atoms with E-state index in [1.54, 1.807) is 37.3 Å². The molecule has 0 aliphatic carbocycles. The third-order valence-electron chi connectivity index (χ3n) is 3.90. The van der Waals surface area contributed by atoms with E-state index in [4.69, 9.17) is 0 Å². The molecule has 126 valence electrons. The van der Waals surface area contributed by atoms with Gasteiger partial charge in [-0.3, -0.25) is 9.36 Å². The number of para-hydroxylation sites is 1. The summed E-state index contributed by atoms with van der Waals surface area (Å²) in [6.45, 7) is 1.74. The molecule has 4 nitrogen and oxygen atoms in total. The zero-order valence-electron chi connectivity index (χ0n) is 13.1. The van der Waals surface area contributed by atoms with E-state index in [2.05, 4.69) is 4.98 Å². The van der Waals surface area contributed by atoms with Crippen molar-refractivity contribution in [3.8, 4) is 11.8 Å². The van der Waals surface area contributed by atoms with Crippen molar-refractivity contribution in [1.82, 2.24) is 9.55 Å². The fraction of sp³-hybridized carbons (Fsp3) is 0.167. The number of aryl methyl sites for hydroxylation is 1. The average Bonchev–Trinajstić information content (AvgIpc) is 2.60. The summed E-state index contributed by atoms with van der Waals surface area (Å²) in [7, 11) is 0. The molecule has 3 aromatic rings. The Kier molecular flexibility index (Phi) is 4.05. The van der Waals surface area contributed by atoms with Gasteiger partial charge in [0, 0.05) is 5.39 Å². The SMILES string of the molecule is CCc1c(C#N)c(=O)n(-c2ccccc2)c2nc(C(F)(F)F)ccc12. The number of aromatic nitrogens is 2. The van der Waals surface area contributed by atoms with Crippen molar-refractivity contribution in [3.05, 3.63) is 69.6 Å². The Morgan fingerprint density at radius 2 is 1.84 bits per heavy atom.